The smallest absolute Gasteiger partial charge is 0.176 e. The van der Waals surface area contributed by atoms with E-state index in [1.165, 1.54) is 5.69 Å². The van der Waals surface area contributed by atoms with Crippen LogP contribution in [0.3, 0.4) is 0 Å². The predicted octanol–water partition coefficient (Wildman–Crippen LogP) is 2.79. The normalized spacial score (nSPS) is 17.3. The van der Waals surface area contributed by atoms with Crippen LogP contribution in [-0.4, -0.2) is 26.1 Å². The molecule has 0 fully saturated rings. The highest BCUT2D eigenvalue weighted by Crippen LogP contribution is 2.31. The molecule has 0 radical (unpaired) electrons. The van der Waals surface area contributed by atoms with Gasteiger partial charge in [0.25, 0.3) is 0 Å². The molecule has 24 heavy (non-hydrogen) atoms. The molecule has 1 aliphatic heterocycles. The molecule has 5 rings (SSSR count). The number of nitrogens with zero attached hydrogens (tertiary/aromatic N) is 3. The van der Waals surface area contributed by atoms with Crippen LogP contribution in [0.25, 0.3) is 22.6 Å². The second-order valence-corrected chi connectivity index (χ2v) is 6.09. The SMILES string of the molecule is Cn1c(-c2ccc([C@H]3NCCc4[nH]cnc43)o2)nc2ccccc21. The number of benzene rings is 1. The summed E-state index contributed by atoms with van der Waals surface area (Å²) in [6.45, 7) is 0.905. The van der Waals surface area contributed by atoms with Crippen LogP contribution < -0.4 is 5.32 Å². The van der Waals surface area contributed by atoms with Crippen molar-refractivity contribution >= 4 is 11.0 Å². The van der Waals surface area contributed by atoms with E-state index in [9.17, 15) is 0 Å². The van der Waals surface area contributed by atoms with E-state index >= 15 is 0 Å². The molecule has 120 valence electrons. The first kappa shape index (κ1) is 13.6. The third-order valence-electron chi connectivity index (χ3n) is 4.67. The van der Waals surface area contributed by atoms with E-state index in [-0.39, 0.29) is 6.04 Å². The number of hydrogen-bond acceptors (Lipinski definition) is 4. The first-order valence-electron chi connectivity index (χ1n) is 8.08. The third kappa shape index (κ3) is 1.93. The number of fused-ring (bicyclic) bond motifs is 2. The van der Waals surface area contributed by atoms with Crippen LogP contribution in [-0.2, 0) is 13.5 Å². The lowest BCUT2D eigenvalue weighted by atomic mass is 10.0. The highest BCUT2D eigenvalue weighted by Gasteiger charge is 2.27. The number of furan rings is 1. The standard InChI is InChI=1S/C18H17N5O/c1-23-13-5-3-2-4-11(13)22-18(23)15-7-6-14(24-15)17-16-12(8-9-19-17)20-10-21-16/h2-7,10,17,19H,8-9H2,1H3,(H,20,21)/t17-/m1/s1. The molecular formula is C18H17N5O. The zero-order valence-corrected chi connectivity index (χ0v) is 13.3. The molecule has 4 heterocycles. The van der Waals surface area contributed by atoms with E-state index < -0.39 is 0 Å². The summed E-state index contributed by atoms with van der Waals surface area (Å²) in [5.41, 5.74) is 4.26. The molecule has 6 nitrogen and oxygen atoms in total. The molecule has 2 N–H and O–H groups in total. The number of rotatable bonds is 2. The number of imidazole rings is 2. The van der Waals surface area contributed by atoms with Crippen molar-refractivity contribution in [3.05, 3.63) is 59.9 Å². The third-order valence-corrected chi connectivity index (χ3v) is 4.67. The first-order valence-corrected chi connectivity index (χ1v) is 8.08. The van der Waals surface area contributed by atoms with Gasteiger partial charge in [-0.15, -0.1) is 0 Å². The van der Waals surface area contributed by atoms with Crippen molar-refractivity contribution in [3.8, 4) is 11.6 Å². The average Bonchev–Trinajstić information content (AvgIpc) is 3.33. The van der Waals surface area contributed by atoms with Crippen molar-refractivity contribution in [1.82, 2.24) is 24.8 Å². The average molecular weight is 319 g/mol. The molecule has 4 aromatic rings. The van der Waals surface area contributed by atoms with Gasteiger partial charge >= 0.3 is 0 Å². The lowest BCUT2D eigenvalue weighted by Gasteiger charge is -2.21. The van der Waals surface area contributed by atoms with Gasteiger partial charge in [-0.2, -0.15) is 0 Å². The van der Waals surface area contributed by atoms with E-state index in [1.54, 1.807) is 6.33 Å². The maximum Gasteiger partial charge on any atom is 0.176 e. The Kier molecular flexibility index (Phi) is 2.87. The molecule has 0 spiro atoms. The molecular weight excluding hydrogens is 302 g/mol. The van der Waals surface area contributed by atoms with E-state index in [0.29, 0.717) is 0 Å². The molecule has 1 atom stereocenters. The van der Waals surface area contributed by atoms with Gasteiger partial charge in [-0.3, -0.25) is 0 Å². The minimum atomic E-state index is -0.0107. The Bertz CT molecular complexity index is 1030. The van der Waals surface area contributed by atoms with Crippen molar-refractivity contribution in [3.63, 3.8) is 0 Å². The maximum absolute atomic E-state index is 6.15. The summed E-state index contributed by atoms with van der Waals surface area (Å²) >= 11 is 0. The molecule has 0 amide bonds. The van der Waals surface area contributed by atoms with Gasteiger partial charge in [-0.05, 0) is 24.3 Å². The molecule has 1 aliphatic rings. The predicted molar refractivity (Wildman–Crippen MR) is 90.6 cm³/mol. The van der Waals surface area contributed by atoms with Gasteiger partial charge < -0.3 is 19.3 Å². The number of hydrogen-bond donors (Lipinski definition) is 2. The van der Waals surface area contributed by atoms with Crippen LogP contribution in [0.2, 0.25) is 0 Å². The number of para-hydroxylation sites is 2. The van der Waals surface area contributed by atoms with Crippen molar-refractivity contribution in [2.75, 3.05) is 6.54 Å². The Morgan fingerprint density at radius 3 is 3.04 bits per heavy atom. The Balaban J connectivity index is 1.57. The monoisotopic (exact) mass is 319 g/mol. The van der Waals surface area contributed by atoms with E-state index in [1.807, 2.05) is 37.4 Å². The van der Waals surface area contributed by atoms with Crippen LogP contribution in [0.4, 0.5) is 0 Å². The van der Waals surface area contributed by atoms with Crippen LogP contribution in [0.1, 0.15) is 23.2 Å². The van der Waals surface area contributed by atoms with Gasteiger partial charge in [0.1, 0.15) is 11.8 Å². The second-order valence-electron chi connectivity index (χ2n) is 6.09. The van der Waals surface area contributed by atoms with Gasteiger partial charge in [0, 0.05) is 25.7 Å². The van der Waals surface area contributed by atoms with Crippen molar-refractivity contribution in [1.29, 1.82) is 0 Å². The lowest BCUT2D eigenvalue weighted by molar-refractivity contribution is 0.435. The Hall–Kier alpha value is -2.86. The minimum Gasteiger partial charge on any atom is -0.456 e. The highest BCUT2D eigenvalue weighted by molar-refractivity contribution is 5.79. The molecule has 0 saturated carbocycles. The summed E-state index contributed by atoms with van der Waals surface area (Å²) < 4.78 is 8.21. The number of aromatic amines is 1. The first-order chi connectivity index (χ1) is 11.8. The zero-order valence-electron chi connectivity index (χ0n) is 13.3. The lowest BCUT2D eigenvalue weighted by Crippen LogP contribution is -2.30. The van der Waals surface area contributed by atoms with Gasteiger partial charge in [0.15, 0.2) is 11.6 Å². The quantitative estimate of drug-likeness (QED) is 0.596. The van der Waals surface area contributed by atoms with Gasteiger partial charge in [0.05, 0.1) is 23.1 Å². The van der Waals surface area contributed by atoms with E-state index in [0.717, 1.165) is 47.0 Å². The summed E-state index contributed by atoms with van der Waals surface area (Å²) in [5, 5.41) is 3.48. The summed E-state index contributed by atoms with van der Waals surface area (Å²) in [6, 6.07) is 12.1. The number of aryl methyl sites for hydroxylation is 1. The zero-order chi connectivity index (χ0) is 16.1. The minimum absolute atomic E-state index is 0.0107. The van der Waals surface area contributed by atoms with Crippen LogP contribution in [0.15, 0.2) is 47.1 Å². The maximum atomic E-state index is 6.15. The molecule has 0 aliphatic carbocycles. The highest BCUT2D eigenvalue weighted by atomic mass is 16.3. The van der Waals surface area contributed by atoms with Gasteiger partial charge in [0.2, 0.25) is 0 Å². The topological polar surface area (TPSA) is 71.7 Å². The Morgan fingerprint density at radius 1 is 1.21 bits per heavy atom. The van der Waals surface area contributed by atoms with Crippen molar-refractivity contribution < 1.29 is 4.42 Å². The summed E-state index contributed by atoms with van der Waals surface area (Å²) in [5.74, 6) is 2.47. The van der Waals surface area contributed by atoms with Crippen LogP contribution in [0.5, 0.6) is 0 Å². The summed E-state index contributed by atoms with van der Waals surface area (Å²) in [6.07, 6.45) is 2.71. The van der Waals surface area contributed by atoms with Crippen molar-refractivity contribution in [2.24, 2.45) is 7.05 Å². The Morgan fingerprint density at radius 2 is 2.12 bits per heavy atom. The molecule has 0 saturated heterocycles. The number of aromatic nitrogens is 4. The molecule has 0 bridgehead atoms. The van der Waals surface area contributed by atoms with Crippen molar-refractivity contribution in [2.45, 2.75) is 12.5 Å². The summed E-state index contributed by atoms with van der Waals surface area (Å²) in [7, 11) is 2.01. The number of nitrogens with one attached hydrogen (secondary N) is 2. The molecule has 1 aromatic carbocycles. The van der Waals surface area contributed by atoms with Gasteiger partial charge in [-0.1, -0.05) is 12.1 Å². The fraction of sp³-hybridized carbons (Fsp3) is 0.222. The largest absolute Gasteiger partial charge is 0.456 e. The van der Waals surface area contributed by atoms with E-state index in [4.69, 9.17) is 9.40 Å². The van der Waals surface area contributed by atoms with E-state index in [2.05, 4.69) is 25.9 Å². The van der Waals surface area contributed by atoms with Crippen LogP contribution in [0, 0.1) is 0 Å². The fourth-order valence-electron chi connectivity index (χ4n) is 3.45. The molecule has 3 aromatic heterocycles. The second kappa shape index (κ2) is 5.07. The Labute approximate surface area is 138 Å². The molecule has 0 unspecified atom stereocenters. The molecule has 6 heteroatoms. The van der Waals surface area contributed by atoms with Gasteiger partial charge in [-0.25, -0.2) is 9.97 Å². The summed E-state index contributed by atoms with van der Waals surface area (Å²) in [4.78, 5) is 12.4. The van der Waals surface area contributed by atoms with Crippen LogP contribution >= 0.6 is 0 Å². The fourth-order valence-corrected chi connectivity index (χ4v) is 3.45. The number of H-pyrrole nitrogens is 1.